The number of ether oxygens (including phenoxy) is 1. The van der Waals surface area contributed by atoms with Crippen LogP contribution in [-0.2, 0) is 0 Å². The van der Waals surface area contributed by atoms with Gasteiger partial charge in [0.15, 0.2) is 0 Å². The van der Waals surface area contributed by atoms with Crippen molar-refractivity contribution in [1.29, 1.82) is 5.26 Å². The van der Waals surface area contributed by atoms with Crippen LogP contribution in [0, 0.1) is 11.3 Å². The minimum absolute atomic E-state index is 0.289. The molecule has 1 amide bonds. The highest BCUT2D eigenvalue weighted by molar-refractivity contribution is 5.94. The van der Waals surface area contributed by atoms with Crippen LogP contribution in [-0.4, -0.2) is 11.1 Å². The standard InChI is InChI=1S/C15H11N3O3/c16-8-9-1-3-10(4-2-9)15-18(20)12-7-11(14(17)19)5-6-13(12)21-15/h1-7,15,20H,(H2,17,19). The number of nitrogens with two attached hydrogens (primary N) is 1. The van der Waals surface area contributed by atoms with E-state index in [0.29, 0.717) is 22.6 Å². The first-order chi connectivity index (χ1) is 10.1. The third kappa shape index (κ3) is 2.16. The summed E-state index contributed by atoms with van der Waals surface area (Å²) in [7, 11) is 0. The van der Waals surface area contributed by atoms with E-state index in [2.05, 4.69) is 0 Å². The van der Waals surface area contributed by atoms with E-state index in [1.165, 1.54) is 12.1 Å². The topological polar surface area (TPSA) is 99.6 Å². The van der Waals surface area contributed by atoms with E-state index >= 15 is 0 Å². The van der Waals surface area contributed by atoms with E-state index in [-0.39, 0.29) is 5.56 Å². The van der Waals surface area contributed by atoms with Crippen molar-refractivity contribution >= 4 is 11.6 Å². The number of anilines is 1. The lowest BCUT2D eigenvalue weighted by Crippen LogP contribution is -2.23. The van der Waals surface area contributed by atoms with Crippen molar-refractivity contribution < 1.29 is 14.7 Å². The van der Waals surface area contributed by atoms with Gasteiger partial charge in [-0.1, -0.05) is 12.1 Å². The third-order valence-corrected chi connectivity index (χ3v) is 3.28. The number of hydroxylamine groups is 1. The molecular formula is C15H11N3O3. The van der Waals surface area contributed by atoms with Crippen molar-refractivity contribution in [2.24, 2.45) is 5.73 Å². The summed E-state index contributed by atoms with van der Waals surface area (Å²) < 4.78 is 5.65. The van der Waals surface area contributed by atoms with Gasteiger partial charge in [0.2, 0.25) is 12.1 Å². The zero-order chi connectivity index (χ0) is 15.0. The maximum absolute atomic E-state index is 11.2. The molecule has 1 aliphatic rings. The molecule has 0 aromatic heterocycles. The molecule has 0 aliphatic carbocycles. The first-order valence-electron chi connectivity index (χ1n) is 6.19. The second kappa shape index (κ2) is 4.81. The van der Waals surface area contributed by atoms with Crippen LogP contribution in [0.2, 0.25) is 0 Å². The summed E-state index contributed by atoms with van der Waals surface area (Å²) in [6, 6.07) is 13.3. The first kappa shape index (κ1) is 13.0. The molecule has 2 aromatic rings. The molecule has 0 saturated carbocycles. The summed E-state index contributed by atoms with van der Waals surface area (Å²) in [6.07, 6.45) is -0.726. The monoisotopic (exact) mass is 281 g/mol. The number of fused-ring (bicyclic) bond motifs is 1. The van der Waals surface area contributed by atoms with Gasteiger partial charge in [-0.25, -0.2) is 5.06 Å². The maximum Gasteiger partial charge on any atom is 0.248 e. The lowest BCUT2D eigenvalue weighted by Gasteiger charge is -2.18. The lowest BCUT2D eigenvalue weighted by molar-refractivity contribution is 0.100. The fourth-order valence-electron chi connectivity index (χ4n) is 2.18. The molecule has 1 unspecified atom stereocenters. The van der Waals surface area contributed by atoms with Crippen LogP contribution in [0.3, 0.4) is 0 Å². The molecule has 3 N–H and O–H groups in total. The Labute approximate surface area is 120 Å². The molecular weight excluding hydrogens is 270 g/mol. The predicted octanol–water partition coefficient (Wildman–Crippen LogP) is 1.94. The molecule has 0 saturated heterocycles. The minimum atomic E-state index is -0.726. The second-order valence-corrected chi connectivity index (χ2v) is 4.60. The number of primary amides is 1. The van der Waals surface area contributed by atoms with Crippen molar-refractivity contribution in [2.75, 3.05) is 5.06 Å². The quantitative estimate of drug-likeness (QED) is 0.876. The molecule has 0 spiro atoms. The smallest absolute Gasteiger partial charge is 0.248 e. The number of carbonyl (C=O) groups excluding carboxylic acids is 1. The molecule has 6 nitrogen and oxygen atoms in total. The van der Waals surface area contributed by atoms with Crippen LogP contribution in [0.1, 0.15) is 27.7 Å². The van der Waals surface area contributed by atoms with E-state index in [1.54, 1.807) is 30.3 Å². The van der Waals surface area contributed by atoms with Crippen molar-refractivity contribution in [3.05, 3.63) is 59.2 Å². The number of amides is 1. The summed E-state index contributed by atoms with van der Waals surface area (Å²) in [4.78, 5) is 11.2. The Morgan fingerprint density at radius 3 is 2.62 bits per heavy atom. The summed E-state index contributed by atoms with van der Waals surface area (Å²) in [6.45, 7) is 0. The van der Waals surface area contributed by atoms with Crippen LogP contribution in [0.15, 0.2) is 42.5 Å². The van der Waals surface area contributed by atoms with Gasteiger partial charge in [0, 0.05) is 11.1 Å². The van der Waals surface area contributed by atoms with Gasteiger partial charge in [0.25, 0.3) is 0 Å². The Balaban J connectivity index is 1.94. The molecule has 3 rings (SSSR count). The highest BCUT2D eigenvalue weighted by Crippen LogP contribution is 2.42. The molecule has 2 aromatic carbocycles. The van der Waals surface area contributed by atoms with Gasteiger partial charge >= 0.3 is 0 Å². The number of benzene rings is 2. The molecule has 6 heteroatoms. The number of hydrogen-bond acceptors (Lipinski definition) is 5. The van der Waals surface area contributed by atoms with Gasteiger partial charge in [-0.05, 0) is 30.3 Å². The molecule has 0 radical (unpaired) electrons. The van der Waals surface area contributed by atoms with Crippen molar-refractivity contribution in [3.63, 3.8) is 0 Å². The van der Waals surface area contributed by atoms with E-state index in [1.807, 2.05) is 6.07 Å². The van der Waals surface area contributed by atoms with E-state index in [4.69, 9.17) is 15.7 Å². The highest BCUT2D eigenvalue weighted by Gasteiger charge is 2.32. The zero-order valence-corrected chi connectivity index (χ0v) is 10.9. The normalized spacial score (nSPS) is 16.0. The maximum atomic E-state index is 11.2. The highest BCUT2D eigenvalue weighted by atomic mass is 16.6. The van der Waals surface area contributed by atoms with Crippen molar-refractivity contribution in [2.45, 2.75) is 6.23 Å². The minimum Gasteiger partial charge on any atom is -0.462 e. The molecule has 104 valence electrons. The Hall–Kier alpha value is -3.04. The molecule has 0 bridgehead atoms. The second-order valence-electron chi connectivity index (χ2n) is 4.60. The first-order valence-corrected chi connectivity index (χ1v) is 6.19. The number of carbonyl (C=O) groups is 1. The van der Waals surface area contributed by atoms with Crippen LogP contribution in [0.4, 0.5) is 5.69 Å². The fourth-order valence-corrected chi connectivity index (χ4v) is 2.18. The van der Waals surface area contributed by atoms with Gasteiger partial charge in [-0.15, -0.1) is 0 Å². The largest absolute Gasteiger partial charge is 0.462 e. The van der Waals surface area contributed by atoms with Gasteiger partial charge in [0.05, 0.1) is 11.6 Å². The number of nitrogens with zero attached hydrogens (tertiary/aromatic N) is 2. The lowest BCUT2D eigenvalue weighted by atomic mass is 10.1. The zero-order valence-electron chi connectivity index (χ0n) is 10.9. The van der Waals surface area contributed by atoms with Crippen LogP contribution >= 0.6 is 0 Å². The Morgan fingerprint density at radius 1 is 1.29 bits per heavy atom. The number of rotatable bonds is 2. The molecule has 1 atom stereocenters. The van der Waals surface area contributed by atoms with Crippen LogP contribution < -0.4 is 15.5 Å². The Kier molecular flexibility index (Phi) is 2.97. The molecule has 0 fully saturated rings. The Morgan fingerprint density at radius 2 is 2.00 bits per heavy atom. The average molecular weight is 281 g/mol. The summed E-state index contributed by atoms with van der Waals surface area (Å²) >= 11 is 0. The van der Waals surface area contributed by atoms with Gasteiger partial charge in [-0.3, -0.25) is 10.0 Å². The van der Waals surface area contributed by atoms with E-state index in [9.17, 15) is 10.0 Å². The van der Waals surface area contributed by atoms with Crippen LogP contribution in [0.25, 0.3) is 0 Å². The molecule has 1 aliphatic heterocycles. The molecule has 21 heavy (non-hydrogen) atoms. The van der Waals surface area contributed by atoms with E-state index in [0.717, 1.165) is 5.06 Å². The van der Waals surface area contributed by atoms with Gasteiger partial charge in [0.1, 0.15) is 11.4 Å². The van der Waals surface area contributed by atoms with Gasteiger partial charge in [-0.2, -0.15) is 5.26 Å². The summed E-state index contributed by atoms with van der Waals surface area (Å²) in [5, 5.41) is 19.9. The predicted molar refractivity (Wildman–Crippen MR) is 73.8 cm³/mol. The van der Waals surface area contributed by atoms with Gasteiger partial charge < -0.3 is 10.5 Å². The number of nitriles is 1. The summed E-state index contributed by atoms with van der Waals surface area (Å²) in [5.41, 5.74) is 7.10. The van der Waals surface area contributed by atoms with Crippen molar-refractivity contribution in [3.8, 4) is 11.8 Å². The van der Waals surface area contributed by atoms with Crippen molar-refractivity contribution in [1.82, 2.24) is 0 Å². The Bertz CT molecular complexity index is 750. The third-order valence-electron chi connectivity index (χ3n) is 3.28. The van der Waals surface area contributed by atoms with E-state index < -0.39 is 12.1 Å². The summed E-state index contributed by atoms with van der Waals surface area (Å²) in [5.74, 6) is -0.120. The SMILES string of the molecule is N#Cc1ccc(C2Oc3ccc(C(N)=O)cc3N2O)cc1. The fraction of sp³-hybridized carbons (Fsp3) is 0.0667. The average Bonchev–Trinajstić information content (AvgIpc) is 2.84. The number of hydrogen-bond donors (Lipinski definition) is 2. The van der Waals surface area contributed by atoms with Crippen LogP contribution in [0.5, 0.6) is 5.75 Å². The molecule has 1 heterocycles.